The lowest BCUT2D eigenvalue weighted by Crippen LogP contribution is -2.04. The Bertz CT molecular complexity index is 418. The van der Waals surface area contributed by atoms with Gasteiger partial charge in [-0.25, -0.2) is 4.39 Å². The first-order valence-corrected chi connectivity index (χ1v) is 4.77. The van der Waals surface area contributed by atoms with Gasteiger partial charge in [-0.2, -0.15) is 5.26 Å². The molecule has 15 heavy (non-hydrogen) atoms. The predicted molar refractivity (Wildman–Crippen MR) is 54.9 cm³/mol. The van der Waals surface area contributed by atoms with E-state index in [1.54, 1.807) is 6.07 Å². The molecule has 0 unspecified atom stereocenters. The zero-order valence-corrected chi connectivity index (χ0v) is 8.75. The Hall–Kier alpha value is -1.69. The number of carbonyl (C=O) groups is 1. The van der Waals surface area contributed by atoms with Crippen LogP contribution in [0, 0.1) is 23.1 Å². The summed E-state index contributed by atoms with van der Waals surface area (Å²) in [6.07, 6.45) is 0.413. The van der Waals surface area contributed by atoms with Crippen LogP contribution in [0.4, 0.5) is 4.39 Å². The van der Waals surface area contributed by atoms with Crippen molar-refractivity contribution in [1.82, 2.24) is 0 Å². The van der Waals surface area contributed by atoms with Gasteiger partial charge in [0.25, 0.3) is 0 Å². The molecule has 0 N–H and O–H groups in total. The van der Waals surface area contributed by atoms with Gasteiger partial charge in [-0.3, -0.25) is 4.79 Å². The Morgan fingerprint density at radius 2 is 2.20 bits per heavy atom. The maximum Gasteiger partial charge on any atom is 0.163 e. The van der Waals surface area contributed by atoms with E-state index in [9.17, 15) is 9.18 Å². The highest BCUT2D eigenvalue weighted by Crippen LogP contribution is 2.13. The molecule has 0 aliphatic carbocycles. The summed E-state index contributed by atoms with van der Waals surface area (Å²) in [5, 5.41) is 8.61. The van der Waals surface area contributed by atoms with Gasteiger partial charge in [-0.05, 0) is 24.1 Å². The lowest BCUT2D eigenvalue weighted by atomic mass is 10.00. The fourth-order valence-corrected chi connectivity index (χ4v) is 1.27. The van der Waals surface area contributed by atoms with Crippen LogP contribution in [0.5, 0.6) is 0 Å². The van der Waals surface area contributed by atoms with Crippen molar-refractivity contribution in [3.8, 4) is 6.07 Å². The molecule has 0 bridgehead atoms. The van der Waals surface area contributed by atoms with E-state index >= 15 is 0 Å². The molecule has 0 aromatic heterocycles. The summed E-state index contributed by atoms with van der Waals surface area (Å²) in [5.41, 5.74) is 0.325. The second kappa shape index (κ2) is 4.70. The Labute approximate surface area is 88.3 Å². The normalized spacial score (nSPS) is 10.1. The van der Waals surface area contributed by atoms with Crippen LogP contribution in [-0.2, 0) is 0 Å². The molecule has 1 aromatic rings. The summed E-state index contributed by atoms with van der Waals surface area (Å²) in [4.78, 5) is 11.6. The third-order valence-electron chi connectivity index (χ3n) is 2.00. The average Bonchev–Trinajstić information content (AvgIpc) is 2.17. The topological polar surface area (TPSA) is 40.9 Å². The van der Waals surface area contributed by atoms with Gasteiger partial charge in [-0.15, -0.1) is 0 Å². The number of nitriles is 1. The molecule has 0 aliphatic rings. The van der Waals surface area contributed by atoms with Crippen molar-refractivity contribution in [2.24, 2.45) is 5.92 Å². The van der Waals surface area contributed by atoms with Crippen molar-refractivity contribution in [2.45, 2.75) is 20.3 Å². The second-order valence-corrected chi connectivity index (χ2v) is 3.83. The zero-order chi connectivity index (χ0) is 11.4. The Kier molecular flexibility index (Phi) is 3.56. The number of nitrogens with zero attached hydrogens (tertiary/aromatic N) is 1. The van der Waals surface area contributed by atoms with Crippen molar-refractivity contribution in [1.29, 1.82) is 5.26 Å². The first kappa shape index (κ1) is 11.4. The largest absolute Gasteiger partial charge is 0.294 e. The minimum Gasteiger partial charge on any atom is -0.294 e. The third kappa shape index (κ3) is 2.88. The first-order chi connectivity index (χ1) is 7.04. The van der Waals surface area contributed by atoms with E-state index < -0.39 is 5.82 Å². The zero-order valence-electron chi connectivity index (χ0n) is 8.75. The number of carbonyl (C=O) groups excluding carboxylic acids is 1. The molecule has 1 rings (SSSR count). The van der Waals surface area contributed by atoms with Crippen molar-refractivity contribution >= 4 is 5.78 Å². The maximum atomic E-state index is 13.0. The van der Waals surface area contributed by atoms with E-state index in [2.05, 4.69) is 0 Å². The number of ketones is 1. The Morgan fingerprint density at radius 3 is 2.73 bits per heavy atom. The summed E-state index contributed by atoms with van der Waals surface area (Å²) in [6, 6.07) is 5.60. The lowest BCUT2D eigenvalue weighted by molar-refractivity contribution is 0.0968. The van der Waals surface area contributed by atoms with E-state index in [0.717, 1.165) is 6.07 Å². The number of hydrogen-bond acceptors (Lipinski definition) is 2. The van der Waals surface area contributed by atoms with E-state index in [1.807, 2.05) is 13.8 Å². The smallest absolute Gasteiger partial charge is 0.163 e. The number of benzene rings is 1. The standard InChI is InChI=1S/C12H12FNO/c1-8(2)5-12(15)9-3-4-11(13)10(6-9)7-14/h3-4,6,8H,5H2,1-2H3. The molecule has 0 saturated heterocycles. The minimum absolute atomic E-state index is 0.0542. The van der Waals surface area contributed by atoms with Crippen molar-refractivity contribution in [3.63, 3.8) is 0 Å². The van der Waals surface area contributed by atoms with E-state index in [4.69, 9.17) is 5.26 Å². The summed E-state index contributed by atoms with van der Waals surface area (Å²) in [6.45, 7) is 3.87. The molecular weight excluding hydrogens is 193 g/mol. The quantitative estimate of drug-likeness (QED) is 0.712. The van der Waals surface area contributed by atoms with Crippen LogP contribution in [0.1, 0.15) is 36.2 Å². The van der Waals surface area contributed by atoms with Crippen molar-refractivity contribution < 1.29 is 9.18 Å². The van der Waals surface area contributed by atoms with Gasteiger partial charge in [0.15, 0.2) is 5.78 Å². The van der Waals surface area contributed by atoms with E-state index in [0.29, 0.717) is 12.0 Å². The van der Waals surface area contributed by atoms with Crippen LogP contribution in [-0.4, -0.2) is 5.78 Å². The van der Waals surface area contributed by atoms with Gasteiger partial charge >= 0.3 is 0 Å². The van der Waals surface area contributed by atoms with Gasteiger partial charge in [0.1, 0.15) is 11.9 Å². The van der Waals surface area contributed by atoms with Crippen molar-refractivity contribution in [2.75, 3.05) is 0 Å². The number of hydrogen-bond donors (Lipinski definition) is 0. The molecule has 0 radical (unpaired) electrons. The van der Waals surface area contributed by atoms with Crippen molar-refractivity contribution in [3.05, 3.63) is 35.1 Å². The second-order valence-electron chi connectivity index (χ2n) is 3.83. The Morgan fingerprint density at radius 1 is 1.53 bits per heavy atom. The Balaban J connectivity index is 2.97. The van der Waals surface area contributed by atoms with Gasteiger partial charge < -0.3 is 0 Å². The van der Waals surface area contributed by atoms with Gasteiger partial charge in [0, 0.05) is 12.0 Å². The van der Waals surface area contributed by atoms with Crippen LogP contribution in [0.15, 0.2) is 18.2 Å². The van der Waals surface area contributed by atoms with Gasteiger partial charge in [-0.1, -0.05) is 13.8 Å². The molecule has 0 atom stereocenters. The predicted octanol–water partition coefficient (Wildman–Crippen LogP) is 2.93. The molecular formula is C12H12FNO. The summed E-state index contributed by atoms with van der Waals surface area (Å²) < 4.78 is 13.0. The molecule has 0 heterocycles. The summed E-state index contributed by atoms with van der Waals surface area (Å²) in [5.74, 6) is -0.381. The van der Waals surface area contributed by atoms with Crippen LogP contribution >= 0.6 is 0 Å². The molecule has 2 nitrogen and oxygen atoms in total. The molecule has 0 aliphatic heterocycles. The van der Waals surface area contributed by atoms with Gasteiger partial charge in [0.2, 0.25) is 0 Å². The van der Waals surface area contributed by atoms with Crippen LogP contribution in [0.3, 0.4) is 0 Å². The first-order valence-electron chi connectivity index (χ1n) is 4.77. The highest BCUT2D eigenvalue weighted by atomic mass is 19.1. The number of halogens is 1. The SMILES string of the molecule is CC(C)CC(=O)c1ccc(F)c(C#N)c1. The minimum atomic E-state index is -0.585. The van der Waals surface area contributed by atoms with Gasteiger partial charge in [0.05, 0.1) is 5.56 Å². The van der Waals surface area contributed by atoms with E-state index in [-0.39, 0.29) is 17.3 Å². The highest BCUT2D eigenvalue weighted by Gasteiger charge is 2.10. The molecule has 1 aromatic carbocycles. The molecule has 0 saturated carbocycles. The highest BCUT2D eigenvalue weighted by molar-refractivity contribution is 5.96. The number of rotatable bonds is 3. The fraction of sp³-hybridized carbons (Fsp3) is 0.333. The lowest BCUT2D eigenvalue weighted by Gasteiger charge is -2.04. The average molecular weight is 205 g/mol. The molecule has 0 amide bonds. The molecule has 0 fully saturated rings. The molecule has 3 heteroatoms. The molecule has 0 spiro atoms. The fourth-order valence-electron chi connectivity index (χ4n) is 1.27. The summed E-state index contributed by atoms with van der Waals surface area (Å²) in [7, 11) is 0. The van der Waals surface area contributed by atoms with Crippen LogP contribution < -0.4 is 0 Å². The monoisotopic (exact) mass is 205 g/mol. The van der Waals surface area contributed by atoms with Crippen LogP contribution in [0.2, 0.25) is 0 Å². The number of Topliss-reactive ketones (excluding diaryl/α,β-unsaturated/α-hetero) is 1. The van der Waals surface area contributed by atoms with Crippen LogP contribution in [0.25, 0.3) is 0 Å². The maximum absolute atomic E-state index is 13.0. The third-order valence-corrected chi connectivity index (χ3v) is 2.00. The van der Waals surface area contributed by atoms with E-state index in [1.165, 1.54) is 12.1 Å². The molecule has 78 valence electrons. The summed E-state index contributed by atoms with van der Waals surface area (Å²) >= 11 is 0.